The van der Waals surface area contributed by atoms with Crippen LogP contribution in [0, 0.1) is 0 Å². The maximum absolute atomic E-state index is 11.8. The van der Waals surface area contributed by atoms with Gasteiger partial charge in [0.25, 0.3) is 0 Å². The zero-order chi connectivity index (χ0) is 15.9. The lowest BCUT2D eigenvalue weighted by atomic mass is 10.1. The minimum Gasteiger partial charge on any atom is -0.492 e. The van der Waals surface area contributed by atoms with Crippen molar-refractivity contribution < 1.29 is 19.1 Å². The third kappa shape index (κ3) is 3.95. The lowest BCUT2D eigenvalue weighted by Gasteiger charge is -2.11. The topological polar surface area (TPSA) is 52.6 Å². The predicted molar refractivity (Wildman–Crippen MR) is 83.4 cm³/mol. The van der Waals surface area contributed by atoms with Crippen LogP contribution in [0.4, 0.5) is 0 Å². The average Bonchev–Trinajstić information content (AvgIpc) is 2.55. The Labute approximate surface area is 129 Å². The second-order valence-corrected chi connectivity index (χ2v) is 4.84. The fourth-order valence-electron chi connectivity index (χ4n) is 2.07. The summed E-state index contributed by atoms with van der Waals surface area (Å²) in [7, 11) is 1.30. The van der Waals surface area contributed by atoms with Gasteiger partial charge in [-0.3, -0.25) is 4.79 Å². The number of hydrogen-bond donors (Lipinski definition) is 0. The fourth-order valence-corrected chi connectivity index (χ4v) is 2.07. The summed E-state index contributed by atoms with van der Waals surface area (Å²) in [5.41, 5.74) is 1.88. The first-order valence-electron chi connectivity index (χ1n) is 7.02. The molecule has 0 amide bonds. The molecule has 4 nitrogen and oxygen atoms in total. The Morgan fingerprint density at radius 1 is 1.05 bits per heavy atom. The average molecular weight is 298 g/mol. The van der Waals surface area contributed by atoms with Crippen LogP contribution < -0.4 is 4.74 Å². The first-order chi connectivity index (χ1) is 10.6. The van der Waals surface area contributed by atoms with Gasteiger partial charge in [0.15, 0.2) is 5.78 Å². The summed E-state index contributed by atoms with van der Waals surface area (Å²) in [5.74, 6) is -0.202. The van der Waals surface area contributed by atoms with E-state index in [1.54, 1.807) is 12.1 Å². The molecular formula is C18H18O4. The van der Waals surface area contributed by atoms with Gasteiger partial charge in [-0.2, -0.15) is 0 Å². The Hall–Kier alpha value is -2.62. The molecule has 4 heteroatoms. The molecule has 0 aliphatic rings. The summed E-state index contributed by atoms with van der Waals surface area (Å²) in [6.07, 6.45) is 0.732. The van der Waals surface area contributed by atoms with E-state index >= 15 is 0 Å². The molecule has 114 valence electrons. The van der Waals surface area contributed by atoms with Crippen LogP contribution in [-0.4, -0.2) is 25.5 Å². The summed E-state index contributed by atoms with van der Waals surface area (Å²) >= 11 is 0. The highest BCUT2D eigenvalue weighted by Gasteiger charge is 2.15. The van der Waals surface area contributed by atoms with E-state index in [9.17, 15) is 9.59 Å². The first kappa shape index (κ1) is 15.8. The standard InChI is InChI=1S/C18H18O4/c1-13(19)15-8-9-17(16(12-15)18(20)21-2)22-11-10-14-6-4-3-5-7-14/h3-9,12H,10-11H2,1-2H3. The molecule has 0 radical (unpaired) electrons. The van der Waals surface area contributed by atoms with E-state index in [1.165, 1.54) is 20.1 Å². The van der Waals surface area contributed by atoms with Crippen molar-refractivity contribution >= 4 is 11.8 Å². The summed E-state index contributed by atoms with van der Waals surface area (Å²) in [6.45, 7) is 1.89. The molecule has 0 aliphatic carbocycles. The van der Waals surface area contributed by atoms with E-state index in [1.807, 2.05) is 30.3 Å². The molecule has 0 saturated carbocycles. The summed E-state index contributed by atoms with van der Waals surface area (Å²) < 4.78 is 10.4. The molecule has 0 atom stereocenters. The zero-order valence-corrected chi connectivity index (χ0v) is 12.7. The zero-order valence-electron chi connectivity index (χ0n) is 12.7. The Morgan fingerprint density at radius 2 is 1.77 bits per heavy atom. The largest absolute Gasteiger partial charge is 0.492 e. The second kappa shape index (κ2) is 7.41. The van der Waals surface area contributed by atoms with E-state index in [2.05, 4.69) is 0 Å². The normalized spacial score (nSPS) is 10.1. The molecule has 0 saturated heterocycles. The van der Waals surface area contributed by atoms with Crippen LogP contribution in [-0.2, 0) is 11.2 Å². The van der Waals surface area contributed by atoms with Crippen molar-refractivity contribution in [3.63, 3.8) is 0 Å². The first-order valence-corrected chi connectivity index (χ1v) is 7.02. The number of Topliss-reactive ketones (excluding diaryl/α,β-unsaturated/α-hetero) is 1. The highest BCUT2D eigenvalue weighted by Crippen LogP contribution is 2.22. The van der Waals surface area contributed by atoms with Crippen molar-refractivity contribution in [2.24, 2.45) is 0 Å². The van der Waals surface area contributed by atoms with Gasteiger partial charge in [-0.1, -0.05) is 30.3 Å². The number of esters is 1. The van der Waals surface area contributed by atoms with Crippen LogP contribution in [0.25, 0.3) is 0 Å². The highest BCUT2D eigenvalue weighted by molar-refractivity contribution is 5.99. The number of ether oxygens (including phenoxy) is 2. The van der Waals surface area contributed by atoms with Gasteiger partial charge in [0.1, 0.15) is 11.3 Å². The Kier molecular flexibility index (Phi) is 5.31. The van der Waals surface area contributed by atoms with Gasteiger partial charge in [0.2, 0.25) is 0 Å². The summed E-state index contributed by atoms with van der Waals surface area (Å²) in [4.78, 5) is 23.3. The van der Waals surface area contributed by atoms with Crippen LogP contribution in [0.1, 0.15) is 33.2 Å². The van der Waals surface area contributed by atoms with Crippen molar-refractivity contribution in [3.8, 4) is 5.75 Å². The smallest absolute Gasteiger partial charge is 0.341 e. The molecule has 0 aliphatic heterocycles. The lowest BCUT2D eigenvalue weighted by Crippen LogP contribution is -2.09. The molecule has 0 aromatic heterocycles. The number of methoxy groups -OCH3 is 1. The van der Waals surface area contributed by atoms with Crippen molar-refractivity contribution in [2.75, 3.05) is 13.7 Å². The molecule has 0 N–H and O–H groups in total. The molecule has 0 heterocycles. The molecule has 0 fully saturated rings. The van der Waals surface area contributed by atoms with Crippen LogP contribution in [0.3, 0.4) is 0 Å². The Balaban J connectivity index is 2.12. The fraction of sp³-hybridized carbons (Fsp3) is 0.222. The van der Waals surface area contributed by atoms with E-state index in [0.717, 1.165) is 12.0 Å². The Bertz CT molecular complexity index is 662. The predicted octanol–water partition coefficient (Wildman–Crippen LogP) is 3.30. The summed E-state index contributed by atoms with van der Waals surface area (Å²) in [6, 6.07) is 14.7. The van der Waals surface area contributed by atoms with Gasteiger partial charge in [-0.15, -0.1) is 0 Å². The van der Waals surface area contributed by atoms with Gasteiger partial charge in [-0.25, -0.2) is 4.79 Å². The quantitative estimate of drug-likeness (QED) is 0.606. The van der Waals surface area contributed by atoms with Crippen LogP contribution in [0.2, 0.25) is 0 Å². The number of rotatable bonds is 6. The van der Waals surface area contributed by atoms with Crippen LogP contribution in [0.15, 0.2) is 48.5 Å². The molecule has 2 aromatic carbocycles. The van der Waals surface area contributed by atoms with Gasteiger partial charge in [0, 0.05) is 12.0 Å². The number of benzene rings is 2. The van der Waals surface area contributed by atoms with E-state index in [4.69, 9.17) is 9.47 Å². The molecule has 2 aromatic rings. The third-order valence-corrected chi connectivity index (χ3v) is 3.28. The van der Waals surface area contributed by atoms with Crippen LogP contribution in [0.5, 0.6) is 5.75 Å². The Morgan fingerprint density at radius 3 is 2.41 bits per heavy atom. The summed E-state index contributed by atoms with van der Waals surface area (Å²) in [5, 5.41) is 0. The van der Waals surface area contributed by atoms with Crippen molar-refractivity contribution in [1.29, 1.82) is 0 Å². The maximum Gasteiger partial charge on any atom is 0.341 e. The van der Waals surface area contributed by atoms with E-state index < -0.39 is 5.97 Å². The van der Waals surface area contributed by atoms with E-state index in [0.29, 0.717) is 17.9 Å². The molecule has 0 spiro atoms. The van der Waals surface area contributed by atoms with Gasteiger partial charge < -0.3 is 9.47 Å². The number of ketones is 1. The number of hydrogen-bond acceptors (Lipinski definition) is 4. The highest BCUT2D eigenvalue weighted by atomic mass is 16.5. The monoisotopic (exact) mass is 298 g/mol. The van der Waals surface area contributed by atoms with Gasteiger partial charge >= 0.3 is 5.97 Å². The number of carbonyl (C=O) groups excluding carboxylic acids is 2. The minimum atomic E-state index is -0.516. The van der Waals surface area contributed by atoms with Gasteiger partial charge in [-0.05, 0) is 30.7 Å². The molecule has 0 bridgehead atoms. The molecule has 0 unspecified atom stereocenters. The van der Waals surface area contributed by atoms with Crippen LogP contribution >= 0.6 is 0 Å². The van der Waals surface area contributed by atoms with E-state index in [-0.39, 0.29) is 11.3 Å². The van der Waals surface area contributed by atoms with Crippen molar-refractivity contribution in [3.05, 3.63) is 65.2 Å². The van der Waals surface area contributed by atoms with Crippen molar-refractivity contribution in [2.45, 2.75) is 13.3 Å². The molecule has 2 rings (SSSR count). The minimum absolute atomic E-state index is 0.110. The number of carbonyl (C=O) groups is 2. The lowest BCUT2D eigenvalue weighted by molar-refractivity contribution is 0.0596. The maximum atomic E-state index is 11.8. The molecule has 22 heavy (non-hydrogen) atoms. The SMILES string of the molecule is COC(=O)c1cc(C(C)=O)ccc1OCCc1ccccc1. The second-order valence-electron chi connectivity index (χ2n) is 4.84. The van der Waals surface area contributed by atoms with Crippen molar-refractivity contribution in [1.82, 2.24) is 0 Å². The van der Waals surface area contributed by atoms with Gasteiger partial charge in [0.05, 0.1) is 13.7 Å². The third-order valence-electron chi connectivity index (χ3n) is 3.28. The molecular weight excluding hydrogens is 280 g/mol.